The van der Waals surface area contributed by atoms with Gasteiger partial charge in [-0.15, -0.1) is 0 Å². The summed E-state index contributed by atoms with van der Waals surface area (Å²) in [5.41, 5.74) is 0.189. The maximum atomic E-state index is 12.2. The fourth-order valence-corrected chi connectivity index (χ4v) is 3.05. The molecule has 0 aliphatic rings. The molecule has 17 heavy (non-hydrogen) atoms. The Kier molecular flexibility index (Phi) is 2.85. The monoisotopic (exact) mass is 249 g/mol. The summed E-state index contributed by atoms with van der Waals surface area (Å²) in [6, 6.07) is 9.49. The molecule has 88 valence electrons. The van der Waals surface area contributed by atoms with Gasteiger partial charge >= 0.3 is 0 Å². The largest absolute Gasteiger partial charge is 0.352 e. The third-order valence-electron chi connectivity index (χ3n) is 2.41. The van der Waals surface area contributed by atoms with Gasteiger partial charge in [0.25, 0.3) is 0 Å². The van der Waals surface area contributed by atoms with Gasteiger partial charge in [-0.2, -0.15) is 0 Å². The molecule has 0 aliphatic heterocycles. The molecular weight excluding hydrogens is 238 g/mol. The first-order chi connectivity index (χ1) is 8.03. The second-order valence-corrected chi connectivity index (χ2v) is 5.48. The van der Waals surface area contributed by atoms with Crippen molar-refractivity contribution >= 4 is 15.6 Å². The third-order valence-corrected chi connectivity index (χ3v) is 4.18. The molecule has 0 radical (unpaired) electrons. The van der Waals surface area contributed by atoms with Crippen LogP contribution in [0.4, 0.5) is 0 Å². The van der Waals surface area contributed by atoms with E-state index in [0.717, 1.165) is 0 Å². The zero-order valence-corrected chi connectivity index (χ0v) is 9.99. The number of sulfone groups is 1. The smallest absolute Gasteiger partial charge is 0.222 e. The highest BCUT2D eigenvalue weighted by Gasteiger charge is 2.23. The van der Waals surface area contributed by atoms with E-state index in [0.29, 0.717) is 0 Å². The Morgan fingerprint density at radius 2 is 1.76 bits per heavy atom. The van der Waals surface area contributed by atoms with Gasteiger partial charge in [-0.25, -0.2) is 8.42 Å². The molecule has 0 amide bonds. The molecule has 2 aromatic rings. The van der Waals surface area contributed by atoms with Crippen molar-refractivity contribution in [3.63, 3.8) is 0 Å². The van der Waals surface area contributed by atoms with Gasteiger partial charge in [-0.05, 0) is 25.1 Å². The minimum absolute atomic E-state index is 0.0452. The van der Waals surface area contributed by atoms with Gasteiger partial charge in [-0.1, -0.05) is 18.2 Å². The minimum Gasteiger partial charge on any atom is -0.352 e. The van der Waals surface area contributed by atoms with E-state index in [4.69, 9.17) is 0 Å². The van der Waals surface area contributed by atoms with Crippen molar-refractivity contribution in [3.05, 3.63) is 48.2 Å². The minimum atomic E-state index is -3.65. The Hall–Kier alpha value is -1.88. The molecule has 0 spiro atoms. The lowest BCUT2D eigenvalue weighted by molar-refractivity contribution is 0.101. The van der Waals surface area contributed by atoms with Gasteiger partial charge in [0.05, 0.1) is 10.5 Å². The topological polar surface area (TPSA) is 67.0 Å². The fourth-order valence-electron chi connectivity index (χ4n) is 1.57. The van der Waals surface area contributed by atoms with Crippen molar-refractivity contribution in [2.75, 3.05) is 0 Å². The summed E-state index contributed by atoms with van der Waals surface area (Å²) in [7, 11) is -3.65. The maximum Gasteiger partial charge on any atom is 0.222 e. The van der Waals surface area contributed by atoms with E-state index < -0.39 is 9.84 Å². The van der Waals surface area contributed by atoms with Gasteiger partial charge in [0.2, 0.25) is 9.84 Å². The SMILES string of the molecule is CC(=O)c1cc[nH]c1S(=O)(=O)c1ccccc1. The number of carbonyl (C=O) groups excluding carboxylic acids is 1. The fraction of sp³-hybridized carbons (Fsp3) is 0.0833. The first kappa shape index (κ1) is 11.6. The highest BCUT2D eigenvalue weighted by molar-refractivity contribution is 7.91. The van der Waals surface area contributed by atoms with Crippen molar-refractivity contribution in [2.24, 2.45) is 0 Å². The van der Waals surface area contributed by atoms with E-state index in [1.54, 1.807) is 18.2 Å². The number of hydrogen-bond donors (Lipinski definition) is 1. The van der Waals surface area contributed by atoms with Gasteiger partial charge in [-0.3, -0.25) is 4.79 Å². The van der Waals surface area contributed by atoms with Crippen LogP contribution in [0.3, 0.4) is 0 Å². The number of ketones is 1. The molecule has 0 saturated carbocycles. The number of benzene rings is 1. The van der Waals surface area contributed by atoms with Crippen molar-refractivity contribution in [2.45, 2.75) is 16.8 Å². The average molecular weight is 249 g/mol. The number of carbonyl (C=O) groups is 1. The number of Topliss-reactive ketones (excluding diaryl/α,β-unsaturated/α-hetero) is 1. The van der Waals surface area contributed by atoms with E-state index in [-0.39, 0.29) is 21.3 Å². The van der Waals surface area contributed by atoms with Crippen molar-refractivity contribution < 1.29 is 13.2 Å². The second-order valence-electron chi connectivity index (χ2n) is 3.59. The molecule has 5 heteroatoms. The number of H-pyrrole nitrogens is 1. The molecule has 1 N–H and O–H groups in total. The molecular formula is C12H11NO3S. The molecule has 1 heterocycles. The zero-order chi connectivity index (χ0) is 12.5. The molecule has 0 fully saturated rings. The van der Waals surface area contributed by atoms with Gasteiger partial charge < -0.3 is 4.98 Å². The maximum absolute atomic E-state index is 12.2. The molecule has 1 aromatic carbocycles. The van der Waals surface area contributed by atoms with Crippen molar-refractivity contribution in [3.8, 4) is 0 Å². The number of nitrogens with one attached hydrogen (secondary N) is 1. The summed E-state index contributed by atoms with van der Waals surface area (Å²) >= 11 is 0. The molecule has 0 aliphatic carbocycles. The molecule has 1 aromatic heterocycles. The van der Waals surface area contributed by atoms with Crippen LogP contribution in [0.15, 0.2) is 52.5 Å². The van der Waals surface area contributed by atoms with Crippen LogP contribution in [0, 0.1) is 0 Å². The lowest BCUT2D eigenvalue weighted by Gasteiger charge is -2.03. The van der Waals surface area contributed by atoms with Crippen LogP contribution >= 0.6 is 0 Å². The quantitative estimate of drug-likeness (QED) is 0.846. The highest BCUT2D eigenvalue weighted by atomic mass is 32.2. The van der Waals surface area contributed by atoms with E-state index in [1.165, 1.54) is 31.3 Å². The number of aromatic nitrogens is 1. The summed E-state index contributed by atoms with van der Waals surface area (Å²) in [6.45, 7) is 1.34. The number of rotatable bonds is 3. The van der Waals surface area contributed by atoms with Crippen LogP contribution in [-0.4, -0.2) is 19.2 Å². The van der Waals surface area contributed by atoms with Crippen LogP contribution in [0.1, 0.15) is 17.3 Å². The van der Waals surface area contributed by atoms with E-state index in [9.17, 15) is 13.2 Å². The van der Waals surface area contributed by atoms with Gasteiger partial charge in [0.1, 0.15) is 5.03 Å². The van der Waals surface area contributed by atoms with E-state index >= 15 is 0 Å². The predicted octanol–water partition coefficient (Wildman–Crippen LogP) is 2.05. The Morgan fingerprint density at radius 1 is 1.12 bits per heavy atom. The predicted molar refractivity (Wildman–Crippen MR) is 62.7 cm³/mol. The van der Waals surface area contributed by atoms with Crippen LogP contribution in [0.5, 0.6) is 0 Å². The summed E-state index contributed by atoms with van der Waals surface area (Å²) in [5.74, 6) is -0.277. The lowest BCUT2D eigenvalue weighted by atomic mass is 10.2. The Labute approximate surface area is 99.2 Å². The van der Waals surface area contributed by atoms with E-state index in [1.807, 2.05) is 0 Å². The lowest BCUT2D eigenvalue weighted by Crippen LogP contribution is -2.07. The summed E-state index contributed by atoms with van der Waals surface area (Å²) in [6.07, 6.45) is 1.45. The first-order valence-corrected chi connectivity index (χ1v) is 6.50. The van der Waals surface area contributed by atoms with Crippen LogP contribution < -0.4 is 0 Å². The molecule has 0 saturated heterocycles. The Bertz CT molecular complexity index is 641. The van der Waals surface area contributed by atoms with Gasteiger partial charge in [0.15, 0.2) is 5.78 Å². The molecule has 0 unspecified atom stereocenters. The molecule has 0 atom stereocenters. The molecule has 0 bridgehead atoms. The van der Waals surface area contributed by atoms with Crippen molar-refractivity contribution in [1.29, 1.82) is 0 Å². The molecule has 4 nitrogen and oxygen atoms in total. The van der Waals surface area contributed by atoms with Crippen LogP contribution in [0.25, 0.3) is 0 Å². The standard InChI is InChI=1S/C12H11NO3S/c1-9(14)11-7-8-13-12(11)17(15,16)10-5-3-2-4-6-10/h2-8,13H,1H3. The number of aromatic amines is 1. The average Bonchev–Trinajstić information content (AvgIpc) is 2.80. The third kappa shape index (κ3) is 2.01. The zero-order valence-electron chi connectivity index (χ0n) is 9.17. The van der Waals surface area contributed by atoms with Crippen LogP contribution in [-0.2, 0) is 9.84 Å². The summed E-state index contributed by atoms with van der Waals surface area (Å²) in [5, 5.41) is -0.0452. The Morgan fingerprint density at radius 3 is 2.35 bits per heavy atom. The Balaban J connectivity index is 2.61. The first-order valence-electron chi connectivity index (χ1n) is 5.02. The summed E-state index contributed by atoms with van der Waals surface area (Å²) in [4.78, 5) is 14.1. The normalized spacial score (nSPS) is 11.4. The second kappa shape index (κ2) is 4.18. The van der Waals surface area contributed by atoms with Gasteiger partial charge in [0, 0.05) is 6.20 Å². The van der Waals surface area contributed by atoms with Crippen molar-refractivity contribution in [1.82, 2.24) is 4.98 Å². The molecule has 2 rings (SSSR count). The highest BCUT2D eigenvalue weighted by Crippen LogP contribution is 2.22. The summed E-state index contributed by atoms with van der Waals surface area (Å²) < 4.78 is 24.5. The number of hydrogen-bond acceptors (Lipinski definition) is 3. The van der Waals surface area contributed by atoms with Crippen LogP contribution in [0.2, 0.25) is 0 Å². The van der Waals surface area contributed by atoms with E-state index in [2.05, 4.69) is 4.98 Å².